The quantitative estimate of drug-likeness (QED) is 0.284. The SMILES string of the molecule is Cc1cccc(N2CCN(CCCCOc3ccc(CCC=O)c(N(C)CO)c3)CC2)c1Cl. The van der Waals surface area contributed by atoms with Gasteiger partial charge in [-0.2, -0.15) is 0 Å². The van der Waals surface area contributed by atoms with E-state index in [1.807, 2.05) is 25.2 Å². The highest BCUT2D eigenvalue weighted by Gasteiger charge is 2.19. The number of unbranched alkanes of at least 4 members (excludes halogenated alkanes) is 1. The van der Waals surface area contributed by atoms with E-state index in [4.69, 9.17) is 16.3 Å². The van der Waals surface area contributed by atoms with Gasteiger partial charge in [-0.15, -0.1) is 0 Å². The molecule has 1 fully saturated rings. The van der Waals surface area contributed by atoms with Crippen LogP contribution in [0.4, 0.5) is 11.4 Å². The third-order valence-electron chi connectivity index (χ3n) is 6.23. The van der Waals surface area contributed by atoms with Crippen LogP contribution in [0.5, 0.6) is 5.75 Å². The summed E-state index contributed by atoms with van der Waals surface area (Å²) in [6.07, 6.45) is 4.13. The van der Waals surface area contributed by atoms with Crippen molar-refractivity contribution in [1.29, 1.82) is 0 Å². The van der Waals surface area contributed by atoms with Crippen LogP contribution in [-0.2, 0) is 11.2 Å². The predicted octanol–water partition coefficient (Wildman–Crippen LogP) is 4.15. The lowest BCUT2D eigenvalue weighted by Gasteiger charge is -2.36. The molecule has 6 nitrogen and oxygen atoms in total. The van der Waals surface area contributed by atoms with Crippen molar-refractivity contribution in [2.45, 2.75) is 32.6 Å². The molecule has 0 amide bonds. The van der Waals surface area contributed by atoms with E-state index in [0.29, 0.717) is 19.4 Å². The van der Waals surface area contributed by atoms with Crippen molar-refractivity contribution in [1.82, 2.24) is 4.90 Å². The molecule has 0 radical (unpaired) electrons. The number of aryl methyl sites for hydroxylation is 2. The molecule has 33 heavy (non-hydrogen) atoms. The number of carbonyl (C=O) groups is 1. The molecule has 1 aliphatic heterocycles. The summed E-state index contributed by atoms with van der Waals surface area (Å²) in [5, 5.41) is 10.4. The molecule has 1 saturated heterocycles. The minimum Gasteiger partial charge on any atom is -0.494 e. The number of aldehydes is 1. The summed E-state index contributed by atoms with van der Waals surface area (Å²) in [5.74, 6) is 0.795. The molecule has 1 aliphatic rings. The Morgan fingerprint density at radius 1 is 1.15 bits per heavy atom. The maximum atomic E-state index is 10.7. The maximum Gasteiger partial charge on any atom is 0.121 e. The Morgan fingerprint density at radius 3 is 2.67 bits per heavy atom. The van der Waals surface area contributed by atoms with Crippen molar-refractivity contribution in [2.24, 2.45) is 0 Å². The van der Waals surface area contributed by atoms with Gasteiger partial charge in [-0.25, -0.2) is 0 Å². The van der Waals surface area contributed by atoms with E-state index < -0.39 is 0 Å². The molecule has 1 heterocycles. The van der Waals surface area contributed by atoms with Gasteiger partial charge in [0.2, 0.25) is 0 Å². The second kappa shape index (κ2) is 12.8. The molecule has 0 atom stereocenters. The molecule has 3 rings (SSSR count). The first-order chi connectivity index (χ1) is 16.0. The molecule has 7 heteroatoms. The normalized spacial score (nSPS) is 14.4. The van der Waals surface area contributed by atoms with Gasteiger partial charge in [0.1, 0.15) is 18.8 Å². The molecule has 0 unspecified atom stereocenters. The molecule has 2 aromatic rings. The first-order valence-electron chi connectivity index (χ1n) is 11.8. The molecule has 0 spiro atoms. The molecular weight excluding hydrogens is 438 g/mol. The number of hydrogen-bond donors (Lipinski definition) is 1. The number of ether oxygens (including phenoxy) is 1. The summed E-state index contributed by atoms with van der Waals surface area (Å²) in [4.78, 5) is 17.4. The minimum absolute atomic E-state index is 0.0824. The van der Waals surface area contributed by atoms with Gasteiger partial charge in [-0.05, 0) is 56.0 Å². The minimum atomic E-state index is -0.0824. The van der Waals surface area contributed by atoms with Crippen LogP contribution < -0.4 is 14.5 Å². The van der Waals surface area contributed by atoms with E-state index in [0.717, 1.165) is 85.1 Å². The number of hydrogen-bond acceptors (Lipinski definition) is 6. The fourth-order valence-electron chi connectivity index (χ4n) is 4.21. The van der Waals surface area contributed by atoms with E-state index in [-0.39, 0.29) is 6.73 Å². The fraction of sp³-hybridized carbons (Fsp3) is 0.500. The van der Waals surface area contributed by atoms with Gasteiger partial charge in [-0.3, -0.25) is 4.90 Å². The smallest absolute Gasteiger partial charge is 0.121 e. The van der Waals surface area contributed by atoms with Crippen LogP contribution >= 0.6 is 11.6 Å². The number of benzene rings is 2. The van der Waals surface area contributed by atoms with Crippen LogP contribution in [-0.4, -0.2) is 69.4 Å². The highest BCUT2D eigenvalue weighted by molar-refractivity contribution is 6.34. The second-order valence-corrected chi connectivity index (χ2v) is 9.01. The highest BCUT2D eigenvalue weighted by Crippen LogP contribution is 2.29. The summed E-state index contributed by atoms with van der Waals surface area (Å²) in [7, 11) is 1.83. The number of halogens is 1. The summed E-state index contributed by atoms with van der Waals surface area (Å²) in [6.45, 7) is 7.79. The van der Waals surface area contributed by atoms with Gasteiger partial charge in [0.05, 0.1) is 17.3 Å². The summed E-state index contributed by atoms with van der Waals surface area (Å²) < 4.78 is 5.97. The van der Waals surface area contributed by atoms with E-state index in [9.17, 15) is 9.90 Å². The number of carbonyl (C=O) groups excluding carboxylic acids is 1. The van der Waals surface area contributed by atoms with Gasteiger partial charge in [-0.1, -0.05) is 29.8 Å². The predicted molar refractivity (Wildman–Crippen MR) is 136 cm³/mol. The molecule has 2 aromatic carbocycles. The summed E-state index contributed by atoms with van der Waals surface area (Å²) >= 11 is 6.50. The third kappa shape index (κ3) is 7.10. The number of rotatable bonds is 12. The summed E-state index contributed by atoms with van der Waals surface area (Å²) in [6, 6.07) is 12.1. The van der Waals surface area contributed by atoms with Crippen LogP contribution in [0.25, 0.3) is 0 Å². The van der Waals surface area contributed by atoms with Crippen LogP contribution in [0.1, 0.15) is 30.4 Å². The molecule has 0 saturated carbocycles. The Bertz CT molecular complexity index is 900. The van der Waals surface area contributed by atoms with Crippen molar-refractivity contribution in [3.8, 4) is 5.75 Å². The molecule has 180 valence electrons. The number of anilines is 2. The van der Waals surface area contributed by atoms with Crippen molar-refractivity contribution < 1.29 is 14.6 Å². The first-order valence-corrected chi connectivity index (χ1v) is 12.1. The Labute approximate surface area is 202 Å². The Hall–Kier alpha value is -2.28. The Balaban J connectivity index is 1.39. The molecular formula is C26H36ClN3O3. The van der Waals surface area contributed by atoms with Gasteiger partial charge in [0.15, 0.2) is 0 Å². The molecule has 0 bridgehead atoms. The molecule has 0 aliphatic carbocycles. The average Bonchev–Trinajstić information content (AvgIpc) is 2.84. The molecule has 1 N–H and O–H groups in total. The Kier molecular flexibility index (Phi) is 9.85. The van der Waals surface area contributed by atoms with Gasteiger partial charge in [0.25, 0.3) is 0 Å². The Morgan fingerprint density at radius 2 is 1.94 bits per heavy atom. The largest absolute Gasteiger partial charge is 0.494 e. The number of nitrogens with zero attached hydrogens (tertiary/aromatic N) is 3. The van der Waals surface area contributed by atoms with Crippen molar-refractivity contribution in [3.05, 3.63) is 52.5 Å². The van der Waals surface area contributed by atoms with Gasteiger partial charge in [0, 0.05) is 51.4 Å². The lowest BCUT2D eigenvalue weighted by molar-refractivity contribution is -0.107. The number of piperazine rings is 1. The second-order valence-electron chi connectivity index (χ2n) is 8.63. The fourth-order valence-corrected chi connectivity index (χ4v) is 4.45. The first kappa shape index (κ1) is 25.3. The van der Waals surface area contributed by atoms with Crippen LogP contribution in [0.15, 0.2) is 36.4 Å². The van der Waals surface area contributed by atoms with Crippen molar-refractivity contribution in [3.63, 3.8) is 0 Å². The zero-order valence-electron chi connectivity index (χ0n) is 19.8. The standard InChI is InChI=1S/C26H36ClN3O3/c1-21-7-5-9-24(26(21)27)30-15-13-29(14-16-30)12-3-4-18-33-23-11-10-22(8-6-17-31)25(19-23)28(2)20-32/h5,7,9-11,17,19,32H,3-4,6,8,12-16,18,20H2,1-2H3. The molecule has 0 aromatic heterocycles. The van der Waals surface area contributed by atoms with Gasteiger partial charge < -0.3 is 24.4 Å². The number of aliphatic hydroxyl groups excluding tert-OH is 1. The summed E-state index contributed by atoms with van der Waals surface area (Å²) in [5.41, 5.74) is 4.22. The van der Waals surface area contributed by atoms with E-state index in [1.54, 1.807) is 4.90 Å². The third-order valence-corrected chi connectivity index (χ3v) is 6.73. The van der Waals surface area contributed by atoms with Crippen molar-refractivity contribution >= 4 is 29.3 Å². The lowest BCUT2D eigenvalue weighted by atomic mass is 10.1. The maximum absolute atomic E-state index is 10.7. The zero-order chi connectivity index (χ0) is 23.6. The average molecular weight is 474 g/mol. The van der Waals surface area contributed by atoms with Crippen LogP contribution in [0.3, 0.4) is 0 Å². The van der Waals surface area contributed by atoms with Crippen LogP contribution in [0, 0.1) is 6.92 Å². The van der Waals surface area contributed by atoms with Crippen molar-refractivity contribution in [2.75, 3.05) is 62.9 Å². The van der Waals surface area contributed by atoms with E-state index >= 15 is 0 Å². The highest BCUT2D eigenvalue weighted by atomic mass is 35.5. The lowest BCUT2D eigenvalue weighted by Crippen LogP contribution is -2.46. The van der Waals surface area contributed by atoms with Crippen LogP contribution in [0.2, 0.25) is 5.02 Å². The monoisotopic (exact) mass is 473 g/mol. The topological polar surface area (TPSA) is 56.2 Å². The number of aliphatic hydroxyl groups is 1. The van der Waals surface area contributed by atoms with E-state index in [1.165, 1.54) is 0 Å². The zero-order valence-corrected chi connectivity index (χ0v) is 20.6. The van der Waals surface area contributed by atoms with E-state index in [2.05, 4.69) is 34.9 Å². The van der Waals surface area contributed by atoms with Gasteiger partial charge >= 0.3 is 0 Å².